The van der Waals surface area contributed by atoms with Gasteiger partial charge in [0.1, 0.15) is 4.60 Å². The van der Waals surface area contributed by atoms with Crippen molar-refractivity contribution in [3.63, 3.8) is 0 Å². The number of carboxylic acid groups (broad SMARTS) is 1. The van der Waals surface area contributed by atoms with Crippen molar-refractivity contribution >= 4 is 21.9 Å². The minimum absolute atomic E-state index is 0.143. The van der Waals surface area contributed by atoms with Crippen LogP contribution < -0.4 is 5.73 Å². The molecule has 0 fully saturated rings. The number of rotatable bonds is 2. The second-order valence-electron chi connectivity index (χ2n) is 2.67. The molecule has 0 radical (unpaired) electrons. The molecule has 1 aromatic rings. The van der Waals surface area contributed by atoms with E-state index in [9.17, 15) is 4.79 Å². The van der Waals surface area contributed by atoms with Gasteiger partial charge in [0.05, 0.1) is 11.3 Å². The minimum atomic E-state index is -1.00. The summed E-state index contributed by atoms with van der Waals surface area (Å²) in [5.74, 6) is -1.00. The summed E-state index contributed by atoms with van der Waals surface area (Å²) in [6.45, 7) is 1.79. The standard InChI is InChI=1S/C8H9BrN2O2/c1-4(10)6-3-2-5(8(12)13)7(9)11-6/h2-4H,10H2,1H3,(H,12,13)/t4-/m0/s1. The Morgan fingerprint density at radius 1 is 1.69 bits per heavy atom. The first-order chi connectivity index (χ1) is 6.02. The summed E-state index contributed by atoms with van der Waals surface area (Å²) in [5, 5.41) is 8.69. The Morgan fingerprint density at radius 2 is 2.31 bits per heavy atom. The molecule has 0 amide bonds. The second-order valence-corrected chi connectivity index (χ2v) is 3.42. The Hall–Kier alpha value is -0.940. The van der Waals surface area contributed by atoms with Crippen LogP contribution in [-0.4, -0.2) is 16.1 Å². The van der Waals surface area contributed by atoms with Gasteiger partial charge in [0.25, 0.3) is 0 Å². The second kappa shape index (κ2) is 3.85. The summed E-state index contributed by atoms with van der Waals surface area (Å²) in [6.07, 6.45) is 0. The van der Waals surface area contributed by atoms with E-state index in [0.717, 1.165) is 0 Å². The number of carboxylic acids is 1. The smallest absolute Gasteiger partial charge is 0.338 e. The van der Waals surface area contributed by atoms with E-state index in [4.69, 9.17) is 10.8 Å². The third-order valence-corrected chi connectivity index (χ3v) is 2.17. The van der Waals surface area contributed by atoms with E-state index >= 15 is 0 Å². The molecule has 0 unspecified atom stereocenters. The van der Waals surface area contributed by atoms with Crippen molar-refractivity contribution in [1.29, 1.82) is 0 Å². The molecule has 0 bridgehead atoms. The summed E-state index contributed by atoms with van der Waals surface area (Å²) in [7, 11) is 0. The number of aromatic nitrogens is 1. The fourth-order valence-electron chi connectivity index (χ4n) is 0.861. The van der Waals surface area contributed by atoms with Crippen LogP contribution in [0.15, 0.2) is 16.7 Å². The van der Waals surface area contributed by atoms with Crippen LogP contribution in [0.2, 0.25) is 0 Å². The summed E-state index contributed by atoms with van der Waals surface area (Å²) in [5.41, 5.74) is 6.38. The van der Waals surface area contributed by atoms with Crippen LogP contribution in [0.4, 0.5) is 0 Å². The predicted octanol–water partition coefficient (Wildman–Crippen LogP) is 1.56. The Kier molecular flexibility index (Phi) is 3.00. The summed E-state index contributed by atoms with van der Waals surface area (Å²) in [6, 6.07) is 2.90. The molecule has 70 valence electrons. The van der Waals surface area contributed by atoms with Gasteiger partial charge in [-0.2, -0.15) is 0 Å². The largest absolute Gasteiger partial charge is 0.478 e. The lowest BCUT2D eigenvalue weighted by molar-refractivity contribution is 0.0695. The van der Waals surface area contributed by atoms with Crippen molar-refractivity contribution in [3.05, 3.63) is 28.0 Å². The van der Waals surface area contributed by atoms with E-state index in [1.165, 1.54) is 6.07 Å². The minimum Gasteiger partial charge on any atom is -0.478 e. The highest BCUT2D eigenvalue weighted by atomic mass is 79.9. The van der Waals surface area contributed by atoms with Gasteiger partial charge < -0.3 is 10.8 Å². The van der Waals surface area contributed by atoms with Gasteiger partial charge >= 0.3 is 5.97 Å². The molecule has 0 spiro atoms. The Labute approximate surface area is 83.9 Å². The number of pyridine rings is 1. The van der Waals surface area contributed by atoms with Gasteiger partial charge in [0, 0.05) is 6.04 Å². The van der Waals surface area contributed by atoms with Gasteiger partial charge in [-0.05, 0) is 35.0 Å². The van der Waals surface area contributed by atoms with Gasteiger partial charge in [-0.25, -0.2) is 9.78 Å². The quantitative estimate of drug-likeness (QED) is 0.775. The van der Waals surface area contributed by atoms with Gasteiger partial charge in [0.15, 0.2) is 0 Å². The van der Waals surface area contributed by atoms with Crippen molar-refractivity contribution in [2.45, 2.75) is 13.0 Å². The fraction of sp³-hybridized carbons (Fsp3) is 0.250. The third kappa shape index (κ3) is 2.26. The molecule has 0 saturated carbocycles. The lowest BCUT2D eigenvalue weighted by Crippen LogP contribution is -2.09. The molecule has 1 atom stereocenters. The average Bonchev–Trinajstić information content (AvgIpc) is 2.03. The van der Waals surface area contributed by atoms with Crippen LogP contribution in [0.1, 0.15) is 29.0 Å². The molecule has 0 saturated heterocycles. The van der Waals surface area contributed by atoms with E-state index < -0.39 is 5.97 Å². The highest BCUT2D eigenvalue weighted by molar-refractivity contribution is 9.10. The molecule has 4 nitrogen and oxygen atoms in total. The van der Waals surface area contributed by atoms with Crippen LogP contribution in [0.5, 0.6) is 0 Å². The normalized spacial score (nSPS) is 12.5. The van der Waals surface area contributed by atoms with Crippen LogP contribution in [0.3, 0.4) is 0 Å². The lowest BCUT2D eigenvalue weighted by atomic mass is 10.2. The fourth-order valence-corrected chi connectivity index (χ4v) is 1.37. The maximum atomic E-state index is 10.6. The van der Waals surface area contributed by atoms with Crippen molar-refractivity contribution in [1.82, 2.24) is 4.98 Å². The zero-order valence-electron chi connectivity index (χ0n) is 6.99. The Bertz CT molecular complexity index is 339. The van der Waals surface area contributed by atoms with E-state index in [0.29, 0.717) is 10.3 Å². The zero-order chi connectivity index (χ0) is 10.0. The molecule has 0 aliphatic carbocycles. The number of hydrogen-bond donors (Lipinski definition) is 2. The first kappa shape index (κ1) is 10.1. The molecule has 0 aromatic carbocycles. The molecule has 0 aliphatic rings. The SMILES string of the molecule is C[C@H](N)c1ccc(C(=O)O)c(Br)n1. The average molecular weight is 245 g/mol. The van der Waals surface area contributed by atoms with E-state index in [1.807, 2.05) is 0 Å². The van der Waals surface area contributed by atoms with Crippen LogP contribution >= 0.6 is 15.9 Å². The molecule has 5 heteroatoms. The number of nitrogens with two attached hydrogens (primary N) is 1. The lowest BCUT2D eigenvalue weighted by Gasteiger charge is -2.05. The molecule has 1 rings (SSSR count). The summed E-state index contributed by atoms with van der Waals surface area (Å²) < 4.78 is 0.315. The van der Waals surface area contributed by atoms with Gasteiger partial charge in [-0.3, -0.25) is 0 Å². The third-order valence-electron chi connectivity index (χ3n) is 1.57. The monoisotopic (exact) mass is 244 g/mol. The highest BCUT2D eigenvalue weighted by Crippen LogP contribution is 2.17. The van der Waals surface area contributed by atoms with E-state index in [2.05, 4.69) is 20.9 Å². The van der Waals surface area contributed by atoms with Crippen molar-refractivity contribution in [3.8, 4) is 0 Å². The molecular weight excluding hydrogens is 236 g/mol. The summed E-state index contributed by atoms with van der Waals surface area (Å²) in [4.78, 5) is 14.6. The zero-order valence-corrected chi connectivity index (χ0v) is 8.58. The van der Waals surface area contributed by atoms with Crippen LogP contribution in [-0.2, 0) is 0 Å². The van der Waals surface area contributed by atoms with Crippen molar-refractivity contribution in [2.24, 2.45) is 5.73 Å². The van der Waals surface area contributed by atoms with Gasteiger partial charge in [-0.1, -0.05) is 0 Å². The van der Waals surface area contributed by atoms with Crippen molar-refractivity contribution in [2.75, 3.05) is 0 Å². The van der Waals surface area contributed by atoms with Crippen LogP contribution in [0.25, 0.3) is 0 Å². The first-order valence-electron chi connectivity index (χ1n) is 3.67. The van der Waals surface area contributed by atoms with E-state index in [1.54, 1.807) is 13.0 Å². The maximum absolute atomic E-state index is 10.6. The van der Waals surface area contributed by atoms with Crippen LogP contribution in [0, 0.1) is 0 Å². The summed E-state index contributed by atoms with van der Waals surface area (Å²) >= 11 is 3.07. The number of halogens is 1. The number of aromatic carboxylic acids is 1. The molecule has 1 heterocycles. The molecular formula is C8H9BrN2O2. The van der Waals surface area contributed by atoms with Gasteiger partial charge in [-0.15, -0.1) is 0 Å². The molecule has 13 heavy (non-hydrogen) atoms. The number of carbonyl (C=O) groups is 1. The molecule has 0 aliphatic heterocycles. The Morgan fingerprint density at radius 3 is 2.69 bits per heavy atom. The predicted molar refractivity (Wildman–Crippen MR) is 51.5 cm³/mol. The first-order valence-corrected chi connectivity index (χ1v) is 4.47. The number of hydrogen-bond acceptors (Lipinski definition) is 3. The number of nitrogens with zero attached hydrogens (tertiary/aromatic N) is 1. The highest BCUT2D eigenvalue weighted by Gasteiger charge is 2.11. The molecule has 3 N–H and O–H groups in total. The van der Waals surface area contributed by atoms with Crippen molar-refractivity contribution < 1.29 is 9.90 Å². The maximum Gasteiger partial charge on any atom is 0.338 e. The van der Waals surface area contributed by atoms with E-state index in [-0.39, 0.29) is 11.6 Å². The van der Waals surface area contributed by atoms with Gasteiger partial charge in [0.2, 0.25) is 0 Å². The molecule has 1 aromatic heterocycles. The topological polar surface area (TPSA) is 76.2 Å². The Balaban J connectivity index is 3.13.